The van der Waals surface area contributed by atoms with Crippen molar-refractivity contribution in [2.75, 3.05) is 26.4 Å². The van der Waals surface area contributed by atoms with E-state index in [-0.39, 0.29) is 23.3 Å². The number of esters is 2. The van der Waals surface area contributed by atoms with E-state index in [0.29, 0.717) is 42.6 Å². The van der Waals surface area contributed by atoms with Gasteiger partial charge in [-0.05, 0) is 89.7 Å². The number of unbranched alkanes of at least 4 members (excludes halogenated alkanes) is 1. The van der Waals surface area contributed by atoms with Gasteiger partial charge in [-0.1, -0.05) is 31.2 Å². The third-order valence-corrected chi connectivity index (χ3v) is 7.74. The Hall–Kier alpha value is -5.04. The summed E-state index contributed by atoms with van der Waals surface area (Å²) in [6.07, 6.45) is 2.05. The Bertz CT molecular complexity index is 1780. The fourth-order valence-corrected chi connectivity index (χ4v) is 5.20. The van der Waals surface area contributed by atoms with Crippen LogP contribution in [0.15, 0.2) is 78.9 Å². The number of hydrogen-bond acceptors (Lipinski definition) is 7. The first-order chi connectivity index (χ1) is 21.9. The minimum atomic E-state index is -0.775. The normalized spacial score (nSPS) is 15.8. The number of benzene rings is 4. The van der Waals surface area contributed by atoms with E-state index in [1.807, 2.05) is 25.1 Å². The maximum atomic E-state index is 14.0. The zero-order chi connectivity index (χ0) is 31.3. The van der Waals surface area contributed by atoms with Crippen LogP contribution in [0.3, 0.4) is 0 Å². The fraction of sp³-hybridized carbons (Fsp3) is 0.250. The zero-order valence-electron chi connectivity index (χ0n) is 24.6. The van der Waals surface area contributed by atoms with E-state index in [4.69, 9.17) is 30.3 Å². The predicted molar refractivity (Wildman–Crippen MR) is 164 cm³/mol. The molecule has 1 saturated heterocycles. The van der Waals surface area contributed by atoms with Crippen molar-refractivity contribution in [3.05, 3.63) is 118 Å². The standard InChI is InChI=1S/C36H30FNO7/c1-22-31-18-26(44-35(39)23-5-8-25(9-6-23)42-16-4-3-15-41-20-28-21-43-28)10-12-29(31)30-13-11-27(19-32(22)30)45-36(40)24-7-14-34(38-2)33(37)17-24/h5-14,17-19,22,28H,3-4,15-16,20-21H2,1H3. The van der Waals surface area contributed by atoms with Gasteiger partial charge in [-0.15, -0.1) is 0 Å². The molecule has 0 amide bonds. The van der Waals surface area contributed by atoms with Crippen molar-refractivity contribution < 1.29 is 37.7 Å². The predicted octanol–water partition coefficient (Wildman–Crippen LogP) is 7.52. The van der Waals surface area contributed by atoms with Crippen LogP contribution in [0.25, 0.3) is 16.0 Å². The summed E-state index contributed by atoms with van der Waals surface area (Å²) in [6, 6.07) is 21.3. The molecule has 45 heavy (non-hydrogen) atoms. The van der Waals surface area contributed by atoms with E-state index in [0.717, 1.165) is 47.8 Å². The first-order valence-electron chi connectivity index (χ1n) is 14.7. The number of epoxide rings is 1. The Kier molecular flexibility index (Phi) is 8.87. The van der Waals surface area contributed by atoms with Crippen LogP contribution in [-0.2, 0) is 9.47 Å². The van der Waals surface area contributed by atoms with Crippen LogP contribution < -0.4 is 14.2 Å². The molecule has 1 aliphatic carbocycles. The van der Waals surface area contributed by atoms with Gasteiger partial charge in [0.1, 0.15) is 29.2 Å². The van der Waals surface area contributed by atoms with Gasteiger partial charge in [-0.2, -0.15) is 0 Å². The summed E-state index contributed by atoms with van der Waals surface area (Å²) >= 11 is 0. The van der Waals surface area contributed by atoms with Gasteiger partial charge in [0.2, 0.25) is 5.69 Å². The molecule has 1 fully saturated rings. The molecule has 0 radical (unpaired) electrons. The lowest BCUT2D eigenvalue weighted by Crippen LogP contribution is -2.09. The lowest BCUT2D eigenvalue weighted by Gasteiger charge is -2.11. The van der Waals surface area contributed by atoms with Crippen molar-refractivity contribution in [2.45, 2.75) is 31.8 Å². The van der Waals surface area contributed by atoms with Crippen molar-refractivity contribution >= 4 is 17.6 Å². The van der Waals surface area contributed by atoms with Gasteiger partial charge in [0.15, 0.2) is 0 Å². The monoisotopic (exact) mass is 607 g/mol. The lowest BCUT2D eigenvalue weighted by molar-refractivity contribution is 0.0725. The molecule has 228 valence electrons. The van der Waals surface area contributed by atoms with E-state index >= 15 is 0 Å². The minimum Gasteiger partial charge on any atom is -0.494 e. The number of nitrogens with zero attached hydrogens (tertiary/aromatic N) is 1. The lowest BCUT2D eigenvalue weighted by atomic mass is 9.99. The molecule has 2 unspecified atom stereocenters. The Morgan fingerprint density at radius 2 is 1.40 bits per heavy atom. The molecule has 2 atom stereocenters. The van der Waals surface area contributed by atoms with Gasteiger partial charge in [0.05, 0.1) is 37.5 Å². The maximum absolute atomic E-state index is 14.0. The Balaban J connectivity index is 1.04. The van der Waals surface area contributed by atoms with Gasteiger partial charge in [0.25, 0.3) is 0 Å². The molecule has 1 heterocycles. The van der Waals surface area contributed by atoms with Crippen molar-refractivity contribution in [1.29, 1.82) is 0 Å². The van der Waals surface area contributed by atoms with E-state index in [9.17, 15) is 14.0 Å². The first-order valence-corrected chi connectivity index (χ1v) is 14.7. The number of hydrogen-bond donors (Lipinski definition) is 0. The molecule has 4 aromatic carbocycles. The second kappa shape index (κ2) is 13.3. The summed E-state index contributed by atoms with van der Waals surface area (Å²) < 4.78 is 41.6. The third kappa shape index (κ3) is 7.04. The average Bonchev–Trinajstić information content (AvgIpc) is 3.84. The van der Waals surface area contributed by atoms with Crippen LogP contribution >= 0.6 is 0 Å². The van der Waals surface area contributed by atoms with E-state index in [2.05, 4.69) is 4.85 Å². The fourth-order valence-electron chi connectivity index (χ4n) is 5.20. The summed E-state index contributed by atoms with van der Waals surface area (Å²) in [4.78, 5) is 28.6. The van der Waals surface area contributed by atoms with Crippen molar-refractivity contribution in [3.8, 4) is 28.4 Å². The topological polar surface area (TPSA) is 88.0 Å². The number of ether oxygens (including phenoxy) is 5. The van der Waals surface area contributed by atoms with Gasteiger partial charge >= 0.3 is 11.9 Å². The largest absolute Gasteiger partial charge is 0.494 e. The highest BCUT2D eigenvalue weighted by Gasteiger charge is 2.27. The number of carbonyl (C=O) groups is 2. The third-order valence-electron chi connectivity index (χ3n) is 7.74. The molecule has 8 nitrogen and oxygen atoms in total. The van der Waals surface area contributed by atoms with Crippen molar-refractivity contribution in [3.63, 3.8) is 0 Å². The first kappa shape index (κ1) is 30.0. The highest BCUT2D eigenvalue weighted by Crippen LogP contribution is 2.47. The molecule has 0 aromatic heterocycles. The van der Waals surface area contributed by atoms with Crippen LogP contribution in [-0.4, -0.2) is 44.5 Å². The summed E-state index contributed by atoms with van der Waals surface area (Å²) in [5, 5.41) is 0. The quantitative estimate of drug-likeness (QED) is 0.0541. The van der Waals surface area contributed by atoms with Crippen LogP contribution in [0.1, 0.15) is 57.5 Å². The van der Waals surface area contributed by atoms with Gasteiger partial charge in [-0.25, -0.2) is 18.8 Å². The van der Waals surface area contributed by atoms with E-state index in [1.54, 1.807) is 42.5 Å². The molecule has 4 aromatic rings. The molecule has 2 aliphatic rings. The molecule has 0 spiro atoms. The maximum Gasteiger partial charge on any atom is 0.343 e. The van der Waals surface area contributed by atoms with Crippen LogP contribution in [0, 0.1) is 12.4 Å². The molecule has 9 heteroatoms. The average molecular weight is 608 g/mol. The Morgan fingerprint density at radius 3 is 2.00 bits per heavy atom. The van der Waals surface area contributed by atoms with E-state index in [1.165, 1.54) is 12.1 Å². The highest BCUT2D eigenvalue weighted by atomic mass is 19.1. The molecule has 0 bridgehead atoms. The van der Waals surface area contributed by atoms with Crippen LogP contribution in [0.4, 0.5) is 10.1 Å². The van der Waals surface area contributed by atoms with Crippen LogP contribution in [0.2, 0.25) is 0 Å². The number of fused-ring (bicyclic) bond motifs is 3. The molecule has 0 saturated carbocycles. The van der Waals surface area contributed by atoms with Gasteiger partial charge < -0.3 is 23.7 Å². The summed E-state index contributed by atoms with van der Waals surface area (Å²) in [5.74, 6) is -0.606. The molecule has 0 N–H and O–H groups in total. The molecule has 6 rings (SSSR count). The number of carbonyl (C=O) groups excluding carboxylic acids is 2. The molecular formula is C36H30FNO7. The molecular weight excluding hydrogens is 577 g/mol. The van der Waals surface area contributed by atoms with Gasteiger partial charge in [0, 0.05) is 12.5 Å². The number of rotatable bonds is 12. The summed E-state index contributed by atoms with van der Waals surface area (Å²) in [6.45, 7) is 11.7. The Morgan fingerprint density at radius 1 is 0.822 bits per heavy atom. The zero-order valence-corrected chi connectivity index (χ0v) is 24.6. The summed E-state index contributed by atoms with van der Waals surface area (Å²) in [7, 11) is 0. The highest BCUT2D eigenvalue weighted by molar-refractivity contribution is 5.92. The van der Waals surface area contributed by atoms with Gasteiger partial charge in [-0.3, -0.25) is 0 Å². The second-order valence-electron chi connectivity index (χ2n) is 10.9. The number of halogens is 1. The smallest absolute Gasteiger partial charge is 0.343 e. The summed E-state index contributed by atoms with van der Waals surface area (Å²) in [5.41, 5.74) is 4.17. The minimum absolute atomic E-state index is 0.0158. The molecule has 1 aliphatic heterocycles. The second-order valence-corrected chi connectivity index (χ2v) is 10.9. The van der Waals surface area contributed by atoms with Crippen LogP contribution in [0.5, 0.6) is 17.2 Å². The SMILES string of the molecule is [C-]#[N+]c1ccc(C(=O)Oc2ccc3c(c2)C(C)c2cc(OC(=O)c4ccc(OCCCCOCC5CO5)cc4)ccc2-3)cc1F. The Labute approximate surface area is 260 Å². The van der Waals surface area contributed by atoms with Crippen molar-refractivity contribution in [1.82, 2.24) is 0 Å². The van der Waals surface area contributed by atoms with Crippen molar-refractivity contribution in [2.24, 2.45) is 0 Å². The van der Waals surface area contributed by atoms with E-state index < -0.39 is 17.8 Å².